The van der Waals surface area contributed by atoms with Crippen LogP contribution in [0.4, 0.5) is 4.79 Å². The van der Waals surface area contributed by atoms with Gasteiger partial charge < -0.3 is 23.6 Å². The second kappa shape index (κ2) is 13.9. The number of fused-ring (bicyclic) bond motifs is 3. The Bertz CT molecular complexity index is 1320. The van der Waals surface area contributed by atoms with Crippen molar-refractivity contribution in [1.82, 2.24) is 5.32 Å². The monoisotopic (exact) mass is 669 g/mol. The first-order chi connectivity index (χ1) is 21.0. The van der Waals surface area contributed by atoms with Gasteiger partial charge in [-0.1, -0.05) is 97.0 Å². The molecule has 1 aliphatic rings. The smallest absolute Gasteiger partial charge is 0.407 e. The van der Waals surface area contributed by atoms with E-state index in [-0.39, 0.29) is 22.6 Å². The number of amides is 1. The number of hydrogen-bond donors (Lipinski definition) is 1. The van der Waals surface area contributed by atoms with E-state index in [0.717, 1.165) is 22.3 Å². The van der Waals surface area contributed by atoms with Gasteiger partial charge in [-0.15, -0.1) is 0 Å². The molecule has 2 aromatic rings. The fourth-order valence-electron chi connectivity index (χ4n) is 5.11. The molecule has 0 fully saturated rings. The molecule has 7 nitrogen and oxygen atoms in total. The second-order valence-corrected chi connectivity index (χ2v) is 26.4. The first-order valence-electron chi connectivity index (χ1n) is 16.6. The van der Waals surface area contributed by atoms with Crippen LogP contribution >= 0.6 is 0 Å². The highest BCUT2D eigenvalue weighted by Gasteiger charge is 2.45. The highest BCUT2D eigenvalue weighted by Crippen LogP contribution is 2.45. The lowest BCUT2D eigenvalue weighted by Crippen LogP contribution is -2.56. The van der Waals surface area contributed by atoms with E-state index in [1.165, 1.54) is 0 Å². The zero-order chi connectivity index (χ0) is 34.9. The SMILES string of the molecule is C[C@@H]([C@H](CO[Si](C)(C)C(C)(C)C)O[Si](C)(C)C(C)(C)C)[C@H](NC(=O)OCC1c2ccccc2-c2ccccc21)C(=O)OC(C)(C)C. The Morgan fingerprint density at radius 3 is 1.72 bits per heavy atom. The average molecular weight is 670 g/mol. The third-order valence-electron chi connectivity index (χ3n) is 10.1. The minimum atomic E-state index is -2.30. The van der Waals surface area contributed by atoms with Gasteiger partial charge in [0.1, 0.15) is 18.2 Å². The zero-order valence-corrected chi connectivity index (χ0v) is 32.8. The Morgan fingerprint density at radius 1 is 0.783 bits per heavy atom. The Morgan fingerprint density at radius 2 is 1.26 bits per heavy atom. The molecule has 2 aromatic carbocycles. The molecule has 0 spiro atoms. The molecule has 1 aliphatic carbocycles. The summed E-state index contributed by atoms with van der Waals surface area (Å²) in [5.74, 6) is -1.08. The molecule has 46 heavy (non-hydrogen) atoms. The van der Waals surface area contributed by atoms with Crippen molar-refractivity contribution in [3.63, 3.8) is 0 Å². The predicted molar refractivity (Wildman–Crippen MR) is 192 cm³/mol. The average Bonchev–Trinajstić information content (AvgIpc) is 3.24. The molecule has 0 saturated carbocycles. The van der Waals surface area contributed by atoms with Crippen LogP contribution in [0.15, 0.2) is 48.5 Å². The molecule has 1 amide bonds. The Hall–Kier alpha value is -2.47. The van der Waals surface area contributed by atoms with Crippen LogP contribution in [-0.2, 0) is 23.1 Å². The van der Waals surface area contributed by atoms with Crippen molar-refractivity contribution >= 4 is 28.7 Å². The van der Waals surface area contributed by atoms with Crippen LogP contribution < -0.4 is 5.32 Å². The molecule has 9 heteroatoms. The van der Waals surface area contributed by atoms with Crippen molar-refractivity contribution < 1.29 is 27.9 Å². The zero-order valence-electron chi connectivity index (χ0n) is 30.8. The molecular formula is C37H59NO6Si2. The third kappa shape index (κ3) is 9.11. The minimum absolute atomic E-state index is 0.00185. The molecule has 0 heterocycles. The van der Waals surface area contributed by atoms with Crippen molar-refractivity contribution in [3.05, 3.63) is 59.7 Å². The number of alkyl carbamates (subject to hydrolysis) is 1. The van der Waals surface area contributed by atoms with Crippen LogP contribution in [0.5, 0.6) is 0 Å². The molecule has 0 aromatic heterocycles. The Kier molecular flexibility index (Phi) is 11.5. The molecular weight excluding hydrogens is 611 g/mol. The first kappa shape index (κ1) is 38.0. The van der Waals surface area contributed by atoms with Gasteiger partial charge in [-0.2, -0.15) is 0 Å². The van der Waals surface area contributed by atoms with E-state index in [2.05, 4.69) is 97.3 Å². The van der Waals surface area contributed by atoms with Crippen molar-refractivity contribution in [2.45, 2.75) is 129 Å². The van der Waals surface area contributed by atoms with Crippen LogP contribution in [0.1, 0.15) is 86.3 Å². The molecule has 0 aliphatic heterocycles. The molecule has 0 radical (unpaired) electrons. The van der Waals surface area contributed by atoms with Gasteiger partial charge in [0, 0.05) is 11.8 Å². The number of carbonyl (C=O) groups excluding carboxylic acids is 2. The predicted octanol–water partition coefficient (Wildman–Crippen LogP) is 9.28. The van der Waals surface area contributed by atoms with E-state index in [1.54, 1.807) is 0 Å². The normalized spacial score (nSPS) is 16.2. The lowest BCUT2D eigenvalue weighted by molar-refractivity contribution is -0.160. The summed E-state index contributed by atoms with van der Waals surface area (Å²) >= 11 is 0. The molecule has 3 rings (SSSR count). The fourth-order valence-corrected chi connectivity index (χ4v) is 7.51. The van der Waals surface area contributed by atoms with E-state index in [4.69, 9.17) is 18.3 Å². The van der Waals surface area contributed by atoms with Crippen molar-refractivity contribution in [1.29, 1.82) is 0 Å². The highest BCUT2D eigenvalue weighted by molar-refractivity contribution is 6.74. The molecule has 1 N–H and O–H groups in total. The van der Waals surface area contributed by atoms with Gasteiger partial charge in [0.2, 0.25) is 0 Å². The van der Waals surface area contributed by atoms with Gasteiger partial charge in [0.15, 0.2) is 16.6 Å². The minimum Gasteiger partial charge on any atom is -0.458 e. The van der Waals surface area contributed by atoms with Gasteiger partial charge in [-0.05, 0) is 79.3 Å². The molecule has 0 saturated heterocycles. The van der Waals surface area contributed by atoms with Gasteiger partial charge in [0.05, 0.1) is 12.7 Å². The number of ether oxygens (including phenoxy) is 2. The lowest BCUT2D eigenvalue weighted by atomic mass is 9.95. The fraction of sp³-hybridized carbons (Fsp3) is 0.622. The van der Waals surface area contributed by atoms with E-state index in [1.807, 2.05) is 52.0 Å². The van der Waals surface area contributed by atoms with E-state index in [9.17, 15) is 9.59 Å². The van der Waals surface area contributed by atoms with Crippen LogP contribution in [0, 0.1) is 5.92 Å². The summed E-state index contributed by atoms with van der Waals surface area (Å²) < 4.78 is 25.4. The maximum Gasteiger partial charge on any atom is 0.407 e. The number of nitrogens with one attached hydrogen (secondary N) is 1. The van der Waals surface area contributed by atoms with Crippen molar-refractivity contribution in [2.75, 3.05) is 13.2 Å². The number of rotatable bonds is 11. The summed E-state index contributed by atoms with van der Waals surface area (Å²) in [4.78, 5) is 27.3. The summed E-state index contributed by atoms with van der Waals surface area (Å²) in [6.07, 6.45) is -1.12. The summed E-state index contributed by atoms with van der Waals surface area (Å²) in [5.41, 5.74) is 3.81. The van der Waals surface area contributed by atoms with Crippen LogP contribution in [0.3, 0.4) is 0 Å². The molecule has 0 unspecified atom stereocenters. The highest BCUT2D eigenvalue weighted by atomic mass is 28.4. The number of benzene rings is 2. The number of hydrogen-bond acceptors (Lipinski definition) is 6. The van der Waals surface area contributed by atoms with Gasteiger partial charge in [-0.3, -0.25) is 0 Å². The summed E-state index contributed by atoms with van der Waals surface area (Å²) in [7, 11) is -4.45. The van der Waals surface area contributed by atoms with Gasteiger partial charge in [-0.25, -0.2) is 9.59 Å². The van der Waals surface area contributed by atoms with Gasteiger partial charge in [0.25, 0.3) is 0 Å². The van der Waals surface area contributed by atoms with Crippen LogP contribution in [0.25, 0.3) is 11.1 Å². The molecule has 0 bridgehead atoms. The second-order valence-electron chi connectivity index (χ2n) is 16.8. The van der Waals surface area contributed by atoms with E-state index < -0.39 is 52.4 Å². The molecule has 3 atom stereocenters. The number of carbonyl (C=O) groups is 2. The largest absolute Gasteiger partial charge is 0.458 e. The van der Waals surface area contributed by atoms with Crippen LogP contribution in [-0.4, -0.2) is 59.7 Å². The topological polar surface area (TPSA) is 83.1 Å². The first-order valence-corrected chi connectivity index (χ1v) is 22.4. The quantitative estimate of drug-likeness (QED) is 0.190. The van der Waals surface area contributed by atoms with Crippen LogP contribution in [0.2, 0.25) is 36.3 Å². The maximum atomic E-state index is 13.8. The standard InChI is InChI=1S/C37H59NO6Si2/c1-25(31(44-46(13,14)37(8,9)10)24-42-45(11,12)36(5,6)7)32(33(39)43-35(2,3)4)38-34(40)41-23-30-28-21-17-15-19-26(28)27-20-16-18-22-29(27)30/h15-22,25,30-32H,23-24H2,1-14H3,(H,38,40)/t25-,31-,32-/m0/s1. The van der Waals surface area contributed by atoms with E-state index >= 15 is 0 Å². The summed E-state index contributed by atoms with van der Waals surface area (Å²) in [6, 6.07) is 15.4. The summed E-state index contributed by atoms with van der Waals surface area (Å²) in [5, 5.41) is 2.83. The number of esters is 1. The van der Waals surface area contributed by atoms with Crippen molar-refractivity contribution in [2.24, 2.45) is 5.92 Å². The maximum absolute atomic E-state index is 13.8. The van der Waals surface area contributed by atoms with E-state index in [0.29, 0.717) is 6.61 Å². The summed E-state index contributed by atoms with van der Waals surface area (Å²) in [6.45, 7) is 29.9. The molecule has 256 valence electrons. The van der Waals surface area contributed by atoms with Crippen molar-refractivity contribution in [3.8, 4) is 11.1 Å². The third-order valence-corrected chi connectivity index (χ3v) is 19.1. The Balaban J connectivity index is 1.88. The van der Waals surface area contributed by atoms with Gasteiger partial charge >= 0.3 is 12.1 Å². The Labute approximate surface area is 280 Å². The lowest BCUT2D eigenvalue weighted by Gasteiger charge is -2.44.